The number of thiophene rings is 4. The average molecular weight is 1110 g/mol. The fourth-order valence-electron chi connectivity index (χ4n) is 9.13. The van der Waals surface area contributed by atoms with Crippen molar-refractivity contribution in [1.82, 2.24) is 15.0 Å². The summed E-state index contributed by atoms with van der Waals surface area (Å²) in [6, 6.07) is 79.1. The van der Waals surface area contributed by atoms with E-state index in [1.165, 1.54) is 34.8 Å². The summed E-state index contributed by atoms with van der Waals surface area (Å²) in [6.07, 6.45) is 8.34. The highest BCUT2D eigenvalue weighted by Crippen LogP contribution is 2.40. The van der Waals surface area contributed by atoms with E-state index in [1.54, 1.807) is 22.7 Å². The number of nitrogens with zero attached hydrogens (tertiary/aromatic N) is 5. The Balaban J connectivity index is 0.783. The largest absolute Gasteiger partial charge is 0.478 e. The van der Waals surface area contributed by atoms with Gasteiger partial charge in [0, 0.05) is 69.0 Å². The van der Waals surface area contributed by atoms with Crippen LogP contribution in [0, 0.1) is 0 Å². The summed E-state index contributed by atoms with van der Waals surface area (Å²) in [6.45, 7) is 0. The van der Waals surface area contributed by atoms with Crippen LogP contribution in [0.2, 0.25) is 0 Å². The highest BCUT2D eigenvalue weighted by Gasteiger charge is 2.20. The molecule has 80 heavy (non-hydrogen) atoms. The second-order valence-corrected chi connectivity index (χ2v) is 22.8. The zero-order chi connectivity index (χ0) is 54.4. The number of carboxylic acids is 2. The summed E-state index contributed by atoms with van der Waals surface area (Å²) in [5.41, 5.74) is 8.61. The molecule has 0 unspecified atom stereocenters. The lowest BCUT2D eigenvalue weighted by Crippen LogP contribution is -2.09. The van der Waals surface area contributed by atoms with Gasteiger partial charge in [-0.05, 0) is 175 Å². The molecule has 12 rings (SSSR count). The van der Waals surface area contributed by atoms with E-state index in [-0.39, 0.29) is 22.5 Å². The predicted molar refractivity (Wildman–Crippen MR) is 333 cm³/mol. The van der Waals surface area contributed by atoms with E-state index in [9.17, 15) is 19.8 Å². The lowest BCUT2D eigenvalue weighted by atomic mass is 10.0. The van der Waals surface area contributed by atoms with Crippen molar-refractivity contribution in [3.8, 4) is 53.7 Å². The molecule has 0 spiro atoms. The summed E-state index contributed by atoms with van der Waals surface area (Å²) < 4.78 is 0. The van der Waals surface area contributed by atoms with Crippen molar-refractivity contribution >= 4 is 116 Å². The molecular weight excluding hydrogens is 1070 g/mol. The van der Waals surface area contributed by atoms with E-state index in [0.717, 1.165) is 90.3 Å². The Morgan fingerprint density at radius 2 is 0.600 bits per heavy atom. The lowest BCUT2D eigenvalue weighted by Gasteiger charge is -2.25. The van der Waals surface area contributed by atoms with Crippen molar-refractivity contribution in [3.63, 3.8) is 0 Å². The lowest BCUT2D eigenvalue weighted by molar-refractivity contribution is 0.0696. The number of carbonyl (C=O) groups is 2. The molecule has 0 saturated heterocycles. The molecule has 5 aromatic heterocycles. The van der Waals surface area contributed by atoms with E-state index < -0.39 is 11.9 Å². The summed E-state index contributed by atoms with van der Waals surface area (Å²) >= 11 is 6.43. The number of rotatable bonds is 17. The Morgan fingerprint density at radius 1 is 0.312 bits per heavy atom. The molecule has 2 N–H and O–H groups in total. The Bertz CT molecular complexity index is 3850. The maximum atomic E-state index is 12.2. The highest BCUT2D eigenvalue weighted by atomic mass is 32.1. The average Bonchev–Trinajstić information content (AvgIpc) is 4.37. The molecule has 0 atom stereocenters. The van der Waals surface area contributed by atoms with Crippen molar-refractivity contribution in [1.29, 1.82) is 0 Å². The van der Waals surface area contributed by atoms with Crippen molar-refractivity contribution < 1.29 is 19.8 Å². The van der Waals surface area contributed by atoms with Crippen LogP contribution in [0.5, 0.6) is 0 Å². The van der Waals surface area contributed by atoms with Crippen LogP contribution in [-0.4, -0.2) is 37.1 Å². The summed E-state index contributed by atoms with van der Waals surface area (Å²) in [5.74, 6) is -1.61. The maximum Gasteiger partial charge on any atom is 0.335 e. The van der Waals surface area contributed by atoms with Crippen LogP contribution in [-0.2, 0) is 0 Å². The third-order valence-corrected chi connectivity index (χ3v) is 17.3. The van der Waals surface area contributed by atoms with Gasteiger partial charge in [0.25, 0.3) is 0 Å². The standard InChI is InChI=1S/C67H45N5O4S4/c73-66(74)47-41-46(42-48(43-47)67(75)76)63-68-64(61-39-35-57(79-61)31-29-55-33-37-59(77-55)44-21-25-53(26-22-44)71(49-13-5-1-6-14-49)50-15-7-2-8-16-50)70-65(69-63)62-40-36-58(80-62)32-30-56-34-38-60(78-56)45-23-27-54(28-24-45)72(51-17-9-3-10-18-51)52-19-11-4-12-20-52/h1-43H,(H,73,74)(H,75,76)/b31-29+,32-30+. The van der Waals surface area contributed by atoms with Gasteiger partial charge >= 0.3 is 11.9 Å². The molecule has 0 saturated carbocycles. The molecule has 0 radical (unpaired) electrons. The van der Waals surface area contributed by atoms with Crippen LogP contribution < -0.4 is 9.80 Å². The first-order valence-electron chi connectivity index (χ1n) is 25.4. The Kier molecular flexibility index (Phi) is 14.8. The number of carboxylic acid groups (broad SMARTS) is 2. The van der Waals surface area contributed by atoms with Crippen LogP contribution in [0.25, 0.3) is 78.0 Å². The van der Waals surface area contributed by atoms with E-state index in [2.05, 4.69) is 204 Å². The van der Waals surface area contributed by atoms with Crippen molar-refractivity contribution in [2.45, 2.75) is 0 Å². The summed E-state index contributed by atoms with van der Waals surface area (Å²) in [4.78, 5) is 51.5. The second-order valence-electron chi connectivity index (χ2n) is 18.3. The molecule has 0 aliphatic carbocycles. The van der Waals surface area contributed by atoms with Gasteiger partial charge in [-0.2, -0.15) is 0 Å². The molecule has 0 amide bonds. The molecule has 7 aromatic carbocycles. The normalized spacial score (nSPS) is 11.3. The van der Waals surface area contributed by atoms with Crippen LogP contribution in [0.15, 0.2) is 237 Å². The summed E-state index contributed by atoms with van der Waals surface area (Å²) in [5, 5.41) is 19.9. The van der Waals surface area contributed by atoms with Gasteiger partial charge in [-0.15, -0.1) is 45.3 Å². The van der Waals surface area contributed by atoms with Crippen LogP contribution in [0.4, 0.5) is 34.1 Å². The number of aromatic nitrogens is 3. The fraction of sp³-hybridized carbons (Fsp3) is 0. The highest BCUT2D eigenvalue weighted by molar-refractivity contribution is 7.18. The van der Waals surface area contributed by atoms with Crippen molar-refractivity contribution in [3.05, 3.63) is 267 Å². The first kappa shape index (κ1) is 51.1. The van der Waals surface area contributed by atoms with Crippen molar-refractivity contribution in [2.24, 2.45) is 0 Å². The molecule has 12 aromatic rings. The van der Waals surface area contributed by atoms with Gasteiger partial charge in [-0.3, -0.25) is 0 Å². The number of para-hydroxylation sites is 4. The molecule has 0 aliphatic rings. The van der Waals surface area contributed by atoms with Gasteiger partial charge in [-0.1, -0.05) is 97.1 Å². The minimum Gasteiger partial charge on any atom is -0.478 e. The molecule has 13 heteroatoms. The van der Waals surface area contributed by atoms with Gasteiger partial charge in [0.2, 0.25) is 0 Å². The molecule has 0 fully saturated rings. The SMILES string of the molecule is O=C(O)c1cc(C(=O)O)cc(-c2nc(-c3ccc(/C=C/c4ccc(-c5ccc(N(c6ccccc6)c6ccccc6)cc5)s4)s3)nc(-c3ccc(/C=C/c4ccc(-c5ccc(N(c6ccccc6)c6ccccc6)cc5)s4)s3)n2)c1. The smallest absolute Gasteiger partial charge is 0.335 e. The Labute approximate surface area is 478 Å². The number of hydrogen-bond acceptors (Lipinski definition) is 11. The number of benzene rings is 7. The van der Waals surface area contributed by atoms with Gasteiger partial charge in [-0.25, -0.2) is 24.5 Å². The molecule has 386 valence electrons. The number of anilines is 6. The molecule has 0 aliphatic heterocycles. The van der Waals surface area contributed by atoms with Crippen LogP contribution in [0.1, 0.15) is 40.2 Å². The molecule has 9 nitrogen and oxygen atoms in total. The Hall–Kier alpha value is -9.63. The van der Waals surface area contributed by atoms with Crippen LogP contribution in [0.3, 0.4) is 0 Å². The van der Waals surface area contributed by atoms with Gasteiger partial charge in [0.1, 0.15) is 0 Å². The second kappa shape index (κ2) is 23.1. The topological polar surface area (TPSA) is 120 Å². The molecule has 0 bridgehead atoms. The number of hydrogen-bond donors (Lipinski definition) is 2. The zero-order valence-electron chi connectivity index (χ0n) is 42.4. The monoisotopic (exact) mass is 1110 g/mol. The minimum atomic E-state index is -1.26. The van der Waals surface area contributed by atoms with E-state index in [4.69, 9.17) is 15.0 Å². The van der Waals surface area contributed by atoms with Gasteiger partial charge < -0.3 is 20.0 Å². The maximum absolute atomic E-state index is 12.2. The quantitative estimate of drug-likeness (QED) is 0.0918. The van der Waals surface area contributed by atoms with E-state index >= 15 is 0 Å². The van der Waals surface area contributed by atoms with Gasteiger partial charge in [0.15, 0.2) is 17.5 Å². The van der Waals surface area contributed by atoms with E-state index in [1.807, 2.05) is 48.5 Å². The zero-order valence-corrected chi connectivity index (χ0v) is 45.7. The van der Waals surface area contributed by atoms with Crippen molar-refractivity contribution in [2.75, 3.05) is 9.80 Å². The van der Waals surface area contributed by atoms with Gasteiger partial charge in [0.05, 0.1) is 20.9 Å². The Morgan fingerprint density at radius 3 is 0.925 bits per heavy atom. The first-order chi connectivity index (χ1) is 39.2. The first-order valence-corrected chi connectivity index (χ1v) is 28.7. The molecular formula is C67H45N5O4S4. The minimum absolute atomic E-state index is 0.158. The van der Waals surface area contributed by atoms with E-state index in [0.29, 0.717) is 11.6 Å². The van der Waals surface area contributed by atoms with Crippen LogP contribution >= 0.6 is 45.3 Å². The number of aromatic carboxylic acids is 2. The molecule has 5 heterocycles. The summed E-state index contributed by atoms with van der Waals surface area (Å²) in [7, 11) is 0. The predicted octanol–water partition coefficient (Wildman–Crippen LogP) is 19.1. The third kappa shape index (κ3) is 11.5. The third-order valence-electron chi connectivity index (χ3n) is 13.0. The fourth-order valence-corrected chi connectivity index (χ4v) is 12.7.